The molecule has 1 aromatic carbocycles. The smallest absolute Gasteiger partial charge is 0.179 e. The third-order valence-electron chi connectivity index (χ3n) is 3.62. The molecule has 3 rings (SSSR count). The van der Waals surface area contributed by atoms with E-state index in [-0.39, 0.29) is 0 Å². The molecular formula is C16H17N3S. The number of nitrogens with zero attached hydrogens (tertiary/aromatic N) is 2. The normalized spacial score (nSPS) is 11.1. The van der Waals surface area contributed by atoms with E-state index in [1.54, 1.807) is 0 Å². The van der Waals surface area contributed by atoms with Crippen LogP contribution in [0.2, 0.25) is 0 Å². The minimum atomic E-state index is 0.742. The van der Waals surface area contributed by atoms with Gasteiger partial charge in [0.15, 0.2) is 10.4 Å². The summed E-state index contributed by atoms with van der Waals surface area (Å²) in [5.41, 5.74) is 5.64. The Kier molecular flexibility index (Phi) is 3.40. The number of rotatable bonds is 3. The molecule has 0 spiro atoms. The molecular weight excluding hydrogens is 266 g/mol. The molecule has 20 heavy (non-hydrogen) atoms. The number of benzene rings is 1. The minimum Gasteiger partial charge on any atom is -0.329 e. The van der Waals surface area contributed by atoms with Crippen LogP contribution in [0.5, 0.6) is 0 Å². The molecule has 2 aromatic heterocycles. The maximum atomic E-state index is 5.41. The van der Waals surface area contributed by atoms with Crippen molar-refractivity contribution < 1.29 is 0 Å². The lowest BCUT2D eigenvalue weighted by Gasteiger charge is -2.07. The Hall–Kier alpha value is -1.94. The zero-order chi connectivity index (χ0) is 14.1. The van der Waals surface area contributed by atoms with Crippen molar-refractivity contribution in [1.82, 2.24) is 14.5 Å². The quantitative estimate of drug-likeness (QED) is 0.738. The Balaban J connectivity index is 1.95. The van der Waals surface area contributed by atoms with Crippen LogP contribution in [0.3, 0.4) is 0 Å². The third kappa shape index (κ3) is 2.39. The maximum Gasteiger partial charge on any atom is 0.179 e. The Labute approximate surface area is 123 Å². The Morgan fingerprint density at radius 2 is 1.95 bits per heavy atom. The van der Waals surface area contributed by atoms with Crippen molar-refractivity contribution in [2.45, 2.75) is 26.8 Å². The molecule has 2 heterocycles. The van der Waals surface area contributed by atoms with E-state index in [9.17, 15) is 0 Å². The van der Waals surface area contributed by atoms with Crippen molar-refractivity contribution in [3.05, 3.63) is 58.0 Å². The highest BCUT2D eigenvalue weighted by molar-refractivity contribution is 7.71. The van der Waals surface area contributed by atoms with Gasteiger partial charge in [-0.3, -0.25) is 0 Å². The molecule has 102 valence electrons. The lowest BCUT2D eigenvalue weighted by atomic mass is 10.1. The summed E-state index contributed by atoms with van der Waals surface area (Å²) >= 11 is 5.41. The monoisotopic (exact) mass is 283 g/mol. The predicted molar refractivity (Wildman–Crippen MR) is 84.5 cm³/mol. The molecule has 0 radical (unpaired) electrons. The van der Waals surface area contributed by atoms with E-state index in [2.05, 4.69) is 45.7 Å². The maximum absolute atomic E-state index is 5.41. The Morgan fingerprint density at radius 1 is 1.15 bits per heavy atom. The van der Waals surface area contributed by atoms with E-state index in [1.807, 2.05) is 19.1 Å². The van der Waals surface area contributed by atoms with Crippen LogP contribution >= 0.6 is 12.2 Å². The molecule has 3 aromatic rings. The first-order chi connectivity index (χ1) is 9.65. The van der Waals surface area contributed by atoms with Gasteiger partial charge < -0.3 is 9.55 Å². The largest absolute Gasteiger partial charge is 0.329 e. The van der Waals surface area contributed by atoms with Crippen molar-refractivity contribution in [2.24, 2.45) is 0 Å². The molecule has 0 saturated carbocycles. The number of nitrogens with one attached hydrogen (secondary N) is 1. The molecule has 0 aliphatic rings. The first-order valence-corrected chi connectivity index (χ1v) is 7.16. The van der Waals surface area contributed by atoms with Gasteiger partial charge in [-0.1, -0.05) is 24.3 Å². The lowest BCUT2D eigenvalue weighted by Crippen LogP contribution is -2.03. The summed E-state index contributed by atoms with van der Waals surface area (Å²) < 4.78 is 2.83. The van der Waals surface area contributed by atoms with Crippen LogP contribution in [0.15, 0.2) is 36.4 Å². The molecule has 0 amide bonds. The zero-order valence-electron chi connectivity index (χ0n) is 11.7. The Morgan fingerprint density at radius 3 is 2.75 bits per heavy atom. The summed E-state index contributed by atoms with van der Waals surface area (Å²) in [7, 11) is 0. The summed E-state index contributed by atoms with van der Waals surface area (Å²) in [5, 5.41) is 0. The van der Waals surface area contributed by atoms with E-state index in [0.29, 0.717) is 0 Å². The van der Waals surface area contributed by atoms with Gasteiger partial charge in [0, 0.05) is 12.2 Å². The van der Waals surface area contributed by atoms with Gasteiger partial charge in [-0.15, -0.1) is 0 Å². The van der Waals surface area contributed by atoms with Gasteiger partial charge in [0.2, 0.25) is 0 Å². The standard InChI is InChI=1S/C16H17N3S/c1-11-5-3-4-6-13(11)9-10-19-15-14(18-16(19)20)8-7-12(2)17-15/h3-8H,9-10H2,1-2H3,(H,18,20). The highest BCUT2D eigenvalue weighted by Gasteiger charge is 2.06. The number of aromatic amines is 1. The van der Waals surface area contributed by atoms with Gasteiger partial charge in [-0.2, -0.15) is 0 Å². The van der Waals surface area contributed by atoms with Crippen molar-refractivity contribution in [1.29, 1.82) is 0 Å². The van der Waals surface area contributed by atoms with Gasteiger partial charge in [0.25, 0.3) is 0 Å². The average Bonchev–Trinajstić information content (AvgIpc) is 2.73. The highest BCUT2D eigenvalue weighted by atomic mass is 32.1. The summed E-state index contributed by atoms with van der Waals surface area (Å²) in [6.07, 6.45) is 0.962. The summed E-state index contributed by atoms with van der Waals surface area (Å²) in [6, 6.07) is 12.5. The number of aryl methyl sites for hydroxylation is 4. The summed E-state index contributed by atoms with van der Waals surface area (Å²) in [4.78, 5) is 7.82. The number of hydrogen-bond acceptors (Lipinski definition) is 2. The van der Waals surface area contributed by atoms with Crippen molar-refractivity contribution in [3.63, 3.8) is 0 Å². The van der Waals surface area contributed by atoms with Gasteiger partial charge >= 0.3 is 0 Å². The van der Waals surface area contributed by atoms with E-state index >= 15 is 0 Å². The number of fused-ring (bicyclic) bond motifs is 1. The number of aromatic nitrogens is 3. The first-order valence-electron chi connectivity index (χ1n) is 6.76. The van der Waals surface area contributed by atoms with E-state index in [0.717, 1.165) is 34.6 Å². The molecule has 0 saturated heterocycles. The van der Waals surface area contributed by atoms with Crippen molar-refractivity contribution >= 4 is 23.4 Å². The van der Waals surface area contributed by atoms with E-state index in [1.165, 1.54) is 11.1 Å². The lowest BCUT2D eigenvalue weighted by molar-refractivity contribution is 0.697. The molecule has 0 atom stereocenters. The van der Waals surface area contributed by atoms with Crippen LogP contribution in [-0.4, -0.2) is 14.5 Å². The second kappa shape index (κ2) is 5.21. The highest BCUT2D eigenvalue weighted by Crippen LogP contribution is 2.15. The fraction of sp³-hybridized carbons (Fsp3) is 0.250. The van der Waals surface area contributed by atoms with Gasteiger partial charge in [0.1, 0.15) is 0 Å². The van der Waals surface area contributed by atoms with Gasteiger partial charge in [-0.25, -0.2) is 4.98 Å². The zero-order valence-corrected chi connectivity index (χ0v) is 12.5. The Bertz CT molecular complexity index is 814. The predicted octanol–water partition coefficient (Wildman–Crippen LogP) is 3.95. The second-order valence-corrected chi connectivity index (χ2v) is 5.47. The van der Waals surface area contributed by atoms with Crippen molar-refractivity contribution in [2.75, 3.05) is 0 Å². The fourth-order valence-electron chi connectivity index (χ4n) is 2.46. The molecule has 1 N–H and O–H groups in total. The molecule has 0 aliphatic heterocycles. The molecule has 0 fully saturated rings. The van der Waals surface area contributed by atoms with Crippen LogP contribution in [0.1, 0.15) is 16.8 Å². The number of H-pyrrole nitrogens is 1. The topological polar surface area (TPSA) is 33.6 Å². The number of hydrogen-bond donors (Lipinski definition) is 1. The van der Waals surface area contributed by atoms with Crippen LogP contribution in [0.25, 0.3) is 11.2 Å². The van der Waals surface area contributed by atoms with Crippen molar-refractivity contribution in [3.8, 4) is 0 Å². The summed E-state index contributed by atoms with van der Waals surface area (Å²) in [5.74, 6) is 0. The molecule has 0 bridgehead atoms. The van der Waals surface area contributed by atoms with E-state index in [4.69, 9.17) is 12.2 Å². The number of pyridine rings is 1. The van der Waals surface area contributed by atoms with Gasteiger partial charge in [-0.05, 0) is 55.7 Å². The second-order valence-electron chi connectivity index (χ2n) is 5.08. The molecule has 0 aliphatic carbocycles. The molecule has 4 heteroatoms. The van der Waals surface area contributed by atoms with Crippen LogP contribution in [0.4, 0.5) is 0 Å². The summed E-state index contributed by atoms with van der Waals surface area (Å²) in [6.45, 7) is 4.99. The SMILES string of the molecule is Cc1ccc2[nH]c(=S)n(CCc3ccccc3C)c2n1. The van der Waals surface area contributed by atoms with Gasteiger partial charge in [0.05, 0.1) is 5.52 Å². The minimum absolute atomic E-state index is 0.742. The molecule has 0 unspecified atom stereocenters. The first kappa shape index (κ1) is 13.1. The van der Waals surface area contributed by atoms with Crippen LogP contribution in [-0.2, 0) is 13.0 Å². The van der Waals surface area contributed by atoms with Crippen LogP contribution < -0.4 is 0 Å². The third-order valence-corrected chi connectivity index (χ3v) is 3.95. The van der Waals surface area contributed by atoms with E-state index < -0.39 is 0 Å². The molecule has 3 nitrogen and oxygen atoms in total. The fourth-order valence-corrected chi connectivity index (χ4v) is 2.74. The number of imidazole rings is 1. The van der Waals surface area contributed by atoms with Crippen LogP contribution in [0, 0.1) is 18.6 Å². The average molecular weight is 283 g/mol.